The fourth-order valence-corrected chi connectivity index (χ4v) is 1.98. The molecule has 0 heterocycles. The molecular weight excluding hydrogens is 222 g/mol. The van der Waals surface area contributed by atoms with Crippen molar-refractivity contribution in [3.05, 3.63) is 0 Å². The highest BCUT2D eigenvalue weighted by atomic mass is 32.2. The lowest BCUT2D eigenvalue weighted by molar-refractivity contribution is -0.140. The molecule has 88 valence electrons. The number of hydrogen-bond donors (Lipinski definition) is 2. The monoisotopic (exact) mass is 237 g/mol. The van der Waals surface area contributed by atoms with E-state index in [1.165, 1.54) is 14.0 Å². The lowest BCUT2D eigenvalue weighted by Crippen LogP contribution is -2.43. The van der Waals surface area contributed by atoms with Crippen molar-refractivity contribution in [2.24, 2.45) is 0 Å². The molecule has 0 aliphatic heterocycles. The van der Waals surface area contributed by atoms with Crippen molar-refractivity contribution < 1.29 is 23.6 Å². The highest BCUT2D eigenvalue weighted by molar-refractivity contribution is 7.85. The lowest BCUT2D eigenvalue weighted by Gasteiger charge is -2.12. The Balaban J connectivity index is 4.10. The van der Waals surface area contributed by atoms with E-state index >= 15 is 0 Å². The van der Waals surface area contributed by atoms with E-state index in [-0.39, 0.29) is 11.5 Å². The van der Waals surface area contributed by atoms with Crippen LogP contribution in [0.2, 0.25) is 0 Å². The number of amides is 1. The number of hydrogen-bond acceptors (Lipinski definition) is 4. The Morgan fingerprint density at radius 2 is 2.13 bits per heavy atom. The first-order valence-corrected chi connectivity index (χ1v) is 5.80. The maximum Gasteiger partial charge on any atom is 0.327 e. The zero-order valence-corrected chi connectivity index (χ0v) is 9.50. The first kappa shape index (κ1) is 14.1. The molecule has 0 aliphatic carbocycles. The number of carboxylic acid groups (broad SMARTS) is 1. The van der Waals surface area contributed by atoms with Gasteiger partial charge in [-0.2, -0.15) is 0 Å². The van der Waals surface area contributed by atoms with Gasteiger partial charge in [0.1, 0.15) is 6.04 Å². The number of nitrogens with one attached hydrogen (secondary N) is 1. The smallest absolute Gasteiger partial charge is 0.327 e. The quantitative estimate of drug-likeness (QED) is 0.590. The van der Waals surface area contributed by atoms with Crippen LogP contribution in [-0.4, -0.2) is 52.5 Å². The molecule has 0 rings (SSSR count). The summed E-state index contributed by atoms with van der Waals surface area (Å²) in [4.78, 5) is 21.3. The average Bonchev–Trinajstić information content (AvgIpc) is 2.12. The largest absolute Gasteiger partial charge is 0.480 e. The summed E-state index contributed by atoms with van der Waals surface area (Å²) >= 11 is 0. The maximum absolute atomic E-state index is 11.3. The summed E-state index contributed by atoms with van der Waals surface area (Å²) in [6, 6.07) is -1.10. The van der Waals surface area contributed by atoms with Gasteiger partial charge in [-0.25, -0.2) is 4.79 Å². The van der Waals surface area contributed by atoms with Crippen LogP contribution in [0.5, 0.6) is 0 Å². The Bertz CT molecular complexity index is 255. The molecule has 2 atom stereocenters. The molecule has 2 N–H and O–H groups in total. The second-order valence-corrected chi connectivity index (χ2v) is 4.52. The SMILES string of the molecule is COCCS(=O)C[C@H](NC(C)=O)C(=O)O. The molecule has 0 saturated carbocycles. The molecule has 0 radical (unpaired) electrons. The van der Waals surface area contributed by atoms with Crippen LogP contribution in [0.25, 0.3) is 0 Å². The summed E-state index contributed by atoms with van der Waals surface area (Å²) in [5.74, 6) is -1.47. The maximum atomic E-state index is 11.3. The van der Waals surface area contributed by atoms with Gasteiger partial charge < -0.3 is 15.2 Å². The van der Waals surface area contributed by atoms with Crippen molar-refractivity contribution in [1.29, 1.82) is 0 Å². The van der Waals surface area contributed by atoms with Crippen LogP contribution in [0.4, 0.5) is 0 Å². The van der Waals surface area contributed by atoms with E-state index in [1.807, 2.05) is 0 Å². The van der Waals surface area contributed by atoms with Crippen molar-refractivity contribution in [1.82, 2.24) is 5.32 Å². The van der Waals surface area contributed by atoms with Crippen LogP contribution < -0.4 is 5.32 Å². The molecule has 1 amide bonds. The van der Waals surface area contributed by atoms with Crippen LogP contribution in [0, 0.1) is 0 Å². The van der Waals surface area contributed by atoms with E-state index in [1.54, 1.807) is 0 Å². The highest BCUT2D eigenvalue weighted by Gasteiger charge is 2.20. The third-order valence-corrected chi connectivity index (χ3v) is 2.87. The Hall–Kier alpha value is -0.950. The summed E-state index contributed by atoms with van der Waals surface area (Å²) in [5.41, 5.74) is 0. The average molecular weight is 237 g/mol. The fraction of sp³-hybridized carbons (Fsp3) is 0.750. The second kappa shape index (κ2) is 7.36. The molecule has 0 aromatic heterocycles. The molecule has 0 aromatic rings. The minimum atomic E-state index is -1.31. The standard InChI is InChI=1S/C8H15NO5S/c1-6(10)9-7(8(11)12)5-15(13)4-3-14-2/h7H,3-5H2,1-2H3,(H,9,10)(H,11,12)/t7-,15?/m0/s1. The zero-order chi connectivity index (χ0) is 11.8. The van der Waals surface area contributed by atoms with Crippen molar-refractivity contribution in [2.45, 2.75) is 13.0 Å². The predicted molar refractivity (Wildman–Crippen MR) is 55.0 cm³/mol. The van der Waals surface area contributed by atoms with Crippen molar-refractivity contribution >= 4 is 22.7 Å². The summed E-state index contributed by atoms with van der Waals surface area (Å²) in [6.45, 7) is 1.52. The van der Waals surface area contributed by atoms with Gasteiger partial charge in [-0.05, 0) is 0 Å². The molecule has 0 aliphatic rings. The number of aliphatic carboxylic acids is 1. The molecule has 0 bridgehead atoms. The van der Waals surface area contributed by atoms with E-state index in [4.69, 9.17) is 9.84 Å². The van der Waals surface area contributed by atoms with Gasteiger partial charge in [-0.1, -0.05) is 0 Å². The molecule has 1 unspecified atom stereocenters. The third-order valence-electron chi connectivity index (χ3n) is 1.54. The van der Waals surface area contributed by atoms with Gasteiger partial charge in [0, 0.05) is 30.6 Å². The Morgan fingerprint density at radius 3 is 2.53 bits per heavy atom. The van der Waals surface area contributed by atoms with Crippen molar-refractivity contribution in [3.8, 4) is 0 Å². The van der Waals surface area contributed by atoms with Crippen LogP contribution in [-0.2, 0) is 25.1 Å². The predicted octanol–water partition coefficient (Wildman–Crippen LogP) is -1.03. The number of methoxy groups -OCH3 is 1. The number of ether oxygens (including phenoxy) is 1. The topological polar surface area (TPSA) is 92.7 Å². The number of carboxylic acids is 1. The van der Waals surface area contributed by atoms with Gasteiger partial charge in [0.25, 0.3) is 0 Å². The van der Waals surface area contributed by atoms with E-state index < -0.39 is 28.7 Å². The molecule has 15 heavy (non-hydrogen) atoms. The van der Waals surface area contributed by atoms with Crippen LogP contribution >= 0.6 is 0 Å². The molecule has 0 aromatic carbocycles. The highest BCUT2D eigenvalue weighted by Crippen LogP contribution is 1.92. The summed E-state index contributed by atoms with van der Waals surface area (Å²) < 4.78 is 16.0. The van der Waals surface area contributed by atoms with Gasteiger partial charge in [0.2, 0.25) is 5.91 Å². The van der Waals surface area contributed by atoms with Crippen molar-refractivity contribution in [3.63, 3.8) is 0 Å². The van der Waals surface area contributed by atoms with Gasteiger partial charge in [-0.3, -0.25) is 9.00 Å². The first-order chi connectivity index (χ1) is 6.97. The summed E-state index contributed by atoms with van der Waals surface area (Å²) in [6.07, 6.45) is 0. The number of carbonyl (C=O) groups excluding carboxylic acids is 1. The minimum Gasteiger partial charge on any atom is -0.480 e. The summed E-state index contributed by atoms with van der Waals surface area (Å²) in [5, 5.41) is 10.9. The number of rotatable bonds is 7. The second-order valence-electron chi connectivity index (χ2n) is 2.89. The Morgan fingerprint density at radius 1 is 1.53 bits per heavy atom. The third kappa shape index (κ3) is 7.03. The molecule has 0 fully saturated rings. The summed E-state index contributed by atoms with van der Waals surface area (Å²) in [7, 11) is 0.164. The number of carbonyl (C=O) groups is 2. The van der Waals surface area contributed by atoms with Gasteiger partial charge in [-0.15, -0.1) is 0 Å². The van der Waals surface area contributed by atoms with E-state index in [9.17, 15) is 13.8 Å². The molecule has 0 spiro atoms. The zero-order valence-electron chi connectivity index (χ0n) is 8.69. The van der Waals surface area contributed by atoms with Crippen molar-refractivity contribution in [2.75, 3.05) is 25.2 Å². The molecule has 7 heteroatoms. The van der Waals surface area contributed by atoms with E-state index in [0.717, 1.165) is 0 Å². The van der Waals surface area contributed by atoms with Crippen LogP contribution in [0.15, 0.2) is 0 Å². The van der Waals surface area contributed by atoms with Gasteiger partial charge >= 0.3 is 5.97 Å². The first-order valence-electron chi connectivity index (χ1n) is 4.31. The van der Waals surface area contributed by atoms with Gasteiger partial charge in [0.15, 0.2) is 0 Å². The Kier molecular flexibility index (Phi) is 6.89. The molecule has 0 saturated heterocycles. The molecule has 6 nitrogen and oxygen atoms in total. The fourth-order valence-electron chi connectivity index (χ4n) is 0.866. The minimum absolute atomic E-state index is 0.0989. The van der Waals surface area contributed by atoms with Crippen LogP contribution in [0.1, 0.15) is 6.92 Å². The molecular formula is C8H15NO5S. The lowest BCUT2D eigenvalue weighted by atomic mass is 10.3. The van der Waals surface area contributed by atoms with Gasteiger partial charge in [0.05, 0.1) is 12.4 Å². The van der Waals surface area contributed by atoms with E-state index in [2.05, 4.69) is 5.32 Å². The van der Waals surface area contributed by atoms with Crippen LogP contribution in [0.3, 0.4) is 0 Å². The van der Waals surface area contributed by atoms with E-state index in [0.29, 0.717) is 6.61 Å². The normalized spacial score (nSPS) is 14.3. The Labute approximate surface area is 90.4 Å².